The van der Waals surface area contributed by atoms with Gasteiger partial charge in [-0.05, 0) is 0 Å². The fraction of sp³-hybridized carbons (Fsp3) is 0.400. The average Bonchev–Trinajstić information content (AvgIpc) is 2.33. The summed E-state index contributed by atoms with van der Waals surface area (Å²) >= 11 is 0. The molecule has 0 amide bonds. The van der Waals surface area contributed by atoms with Crippen molar-refractivity contribution in [2.75, 3.05) is 0 Å². The Morgan fingerprint density at radius 2 is 0.762 bits per heavy atom. The minimum atomic E-state index is -1.58. The van der Waals surface area contributed by atoms with E-state index in [4.69, 9.17) is 20.4 Å². The molecular formula is C10H12CaO10+2. The van der Waals surface area contributed by atoms with Gasteiger partial charge in [-0.1, -0.05) is 0 Å². The van der Waals surface area contributed by atoms with Gasteiger partial charge in [0, 0.05) is 12.8 Å². The maximum atomic E-state index is 10.2. The Hall–Kier alpha value is -1.52. The number of ketones is 2. The standard InChI is InChI=1S/2C5H6O5.Ca/c2*6-3(5(9)10)1-2-4(7)8;/h2*1-2H2,(H,7,8)(H,9,10);/q;;+2. The van der Waals surface area contributed by atoms with Crippen molar-refractivity contribution in [1.82, 2.24) is 0 Å². The minimum absolute atomic E-state index is 0. The number of rotatable bonds is 8. The largest absolute Gasteiger partial charge is 2.00 e. The number of hydrogen-bond donors (Lipinski definition) is 4. The molecule has 0 fully saturated rings. The number of aliphatic carboxylic acids is 4. The summed E-state index contributed by atoms with van der Waals surface area (Å²) in [4.78, 5) is 59.5. The molecule has 0 heterocycles. The van der Waals surface area contributed by atoms with Crippen molar-refractivity contribution >= 4 is 73.2 Å². The van der Waals surface area contributed by atoms with Gasteiger partial charge in [0.05, 0.1) is 12.8 Å². The smallest absolute Gasteiger partial charge is 0.481 e. The van der Waals surface area contributed by atoms with Crippen LogP contribution in [0.25, 0.3) is 0 Å². The van der Waals surface area contributed by atoms with E-state index in [0.717, 1.165) is 0 Å². The minimum Gasteiger partial charge on any atom is -0.481 e. The molecule has 10 nitrogen and oxygen atoms in total. The Balaban J connectivity index is -0.000000295. The molecule has 0 rings (SSSR count). The third-order valence-corrected chi connectivity index (χ3v) is 1.61. The van der Waals surface area contributed by atoms with E-state index < -0.39 is 61.1 Å². The molecule has 0 bridgehead atoms. The first-order valence-electron chi connectivity index (χ1n) is 5.03. The molecule has 112 valence electrons. The van der Waals surface area contributed by atoms with E-state index in [-0.39, 0.29) is 37.7 Å². The number of carboxylic acid groups (broad SMARTS) is 4. The molecule has 4 N–H and O–H groups in total. The van der Waals surface area contributed by atoms with Crippen LogP contribution in [0.4, 0.5) is 0 Å². The fourth-order valence-corrected chi connectivity index (χ4v) is 0.655. The summed E-state index contributed by atoms with van der Waals surface area (Å²) in [5.41, 5.74) is 0. The zero-order chi connectivity index (χ0) is 16.3. The number of carbonyl (C=O) groups excluding carboxylic acids is 2. The molecule has 0 aromatic rings. The second-order valence-corrected chi connectivity index (χ2v) is 3.24. The number of carboxylic acids is 4. The summed E-state index contributed by atoms with van der Waals surface area (Å²) in [6.07, 6.45) is -1.73. The first-order valence-corrected chi connectivity index (χ1v) is 5.03. The van der Waals surface area contributed by atoms with Gasteiger partial charge in [0.1, 0.15) is 0 Å². The van der Waals surface area contributed by atoms with Crippen molar-refractivity contribution in [3.8, 4) is 0 Å². The van der Waals surface area contributed by atoms with Crippen LogP contribution in [0.1, 0.15) is 25.7 Å². The molecule has 0 aliphatic carbocycles. The van der Waals surface area contributed by atoms with Crippen LogP contribution >= 0.6 is 0 Å². The van der Waals surface area contributed by atoms with Gasteiger partial charge in [-0.3, -0.25) is 19.2 Å². The first kappa shape index (κ1) is 24.5. The summed E-state index contributed by atoms with van der Waals surface area (Å²) in [6, 6.07) is 0. The molecule has 0 saturated carbocycles. The monoisotopic (exact) mass is 332 g/mol. The summed E-state index contributed by atoms with van der Waals surface area (Å²) in [5.74, 6) is -7.64. The van der Waals surface area contributed by atoms with Crippen molar-refractivity contribution in [3.63, 3.8) is 0 Å². The zero-order valence-corrected chi connectivity index (χ0v) is 13.0. The molecule has 0 aliphatic rings. The second-order valence-electron chi connectivity index (χ2n) is 3.24. The molecule has 11 heteroatoms. The van der Waals surface area contributed by atoms with Crippen LogP contribution in [0.2, 0.25) is 0 Å². The SMILES string of the molecule is O=C(O)CCC(=O)C(=O)O.O=C(O)CCC(=O)C(=O)O.[Ca+2]. The van der Waals surface area contributed by atoms with Crippen molar-refractivity contribution in [2.24, 2.45) is 0 Å². The maximum Gasteiger partial charge on any atom is 2.00 e. The summed E-state index contributed by atoms with van der Waals surface area (Å²) in [5, 5.41) is 31.9. The van der Waals surface area contributed by atoms with E-state index in [1.165, 1.54) is 0 Å². The van der Waals surface area contributed by atoms with Gasteiger partial charge in [-0.15, -0.1) is 0 Å². The summed E-state index contributed by atoms with van der Waals surface area (Å²) < 4.78 is 0. The van der Waals surface area contributed by atoms with E-state index in [9.17, 15) is 28.8 Å². The third-order valence-electron chi connectivity index (χ3n) is 1.61. The predicted molar refractivity (Wildman–Crippen MR) is 64.8 cm³/mol. The molecule has 0 aromatic carbocycles. The maximum absolute atomic E-state index is 10.2. The van der Waals surface area contributed by atoms with Crippen LogP contribution in [0.5, 0.6) is 0 Å². The van der Waals surface area contributed by atoms with E-state index in [0.29, 0.717) is 0 Å². The van der Waals surface area contributed by atoms with Crippen LogP contribution in [-0.4, -0.2) is 93.6 Å². The average molecular weight is 332 g/mol. The molecule has 0 atom stereocenters. The van der Waals surface area contributed by atoms with Crippen LogP contribution in [0.15, 0.2) is 0 Å². The van der Waals surface area contributed by atoms with Crippen molar-refractivity contribution in [2.45, 2.75) is 25.7 Å². The molecule has 0 unspecified atom stereocenters. The van der Waals surface area contributed by atoms with E-state index in [1.807, 2.05) is 0 Å². The predicted octanol–water partition coefficient (Wildman–Crippen LogP) is -1.37. The van der Waals surface area contributed by atoms with Gasteiger partial charge >= 0.3 is 61.6 Å². The van der Waals surface area contributed by atoms with Gasteiger partial charge in [0.25, 0.3) is 0 Å². The van der Waals surface area contributed by atoms with E-state index in [2.05, 4.69) is 0 Å². The Labute approximate surface area is 147 Å². The van der Waals surface area contributed by atoms with Gasteiger partial charge < -0.3 is 20.4 Å². The van der Waals surface area contributed by atoms with Crippen molar-refractivity contribution in [1.29, 1.82) is 0 Å². The molecule has 0 aromatic heterocycles. The zero-order valence-electron chi connectivity index (χ0n) is 10.8. The normalized spacial score (nSPS) is 8.38. The summed E-state index contributed by atoms with van der Waals surface area (Å²) in [6.45, 7) is 0. The third kappa shape index (κ3) is 18.5. The van der Waals surface area contributed by atoms with E-state index in [1.54, 1.807) is 0 Å². The Morgan fingerprint density at radius 1 is 0.524 bits per heavy atom. The van der Waals surface area contributed by atoms with Gasteiger partial charge in [0.2, 0.25) is 11.6 Å². The van der Waals surface area contributed by atoms with Crippen molar-refractivity contribution in [3.05, 3.63) is 0 Å². The topological polar surface area (TPSA) is 183 Å². The van der Waals surface area contributed by atoms with Gasteiger partial charge in [0.15, 0.2) is 0 Å². The molecule has 0 spiro atoms. The molecule has 0 saturated heterocycles. The first-order chi connectivity index (χ1) is 9.07. The Kier molecular flexibility index (Phi) is 15.7. The van der Waals surface area contributed by atoms with Crippen LogP contribution in [0, 0.1) is 0 Å². The number of Topliss-reactive ketones (excluding diaryl/α,β-unsaturated/α-hetero) is 2. The van der Waals surface area contributed by atoms with Gasteiger partial charge in [-0.2, -0.15) is 0 Å². The second kappa shape index (κ2) is 13.5. The number of hydrogen-bond acceptors (Lipinski definition) is 6. The van der Waals surface area contributed by atoms with E-state index >= 15 is 0 Å². The van der Waals surface area contributed by atoms with Crippen LogP contribution in [-0.2, 0) is 28.8 Å². The fourth-order valence-electron chi connectivity index (χ4n) is 0.655. The number of carbonyl (C=O) groups is 6. The Morgan fingerprint density at radius 3 is 0.905 bits per heavy atom. The quantitative estimate of drug-likeness (QED) is 0.305. The summed E-state index contributed by atoms with van der Waals surface area (Å²) in [7, 11) is 0. The molecule has 21 heavy (non-hydrogen) atoms. The molecular weight excluding hydrogens is 320 g/mol. The molecule has 0 aliphatic heterocycles. The van der Waals surface area contributed by atoms with Crippen LogP contribution < -0.4 is 0 Å². The van der Waals surface area contributed by atoms with Gasteiger partial charge in [-0.25, -0.2) is 9.59 Å². The molecule has 0 radical (unpaired) electrons. The van der Waals surface area contributed by atoms with Crippen LogP contribution in [0.3, 0.4) is 0 Å². The van der Waals surface area contributed by atoms with Crippen molar-refractivity contribution < 1.29 is 49.2 Å². The Bertz CT molecular complexity index is 388.